The number of nitrogens with zero attached hydrogens (tertiary/aromatic N) is 5. The van der Waals surface area contributed by atoms with E-state index in [2.05, 4.69) is 25.5 Å². The van der Waals surface area contributed by atoms with Gasteiger partial charge in [0.05, 0.1) is 34.9 Å². The van der Waals surface area contributed by atoms with E-state index in [1.807, 2.05) is 17.0 Å². The Hall–Kier alpha value is -5.64. The maximum atomic E-state index is 13.9. The molecule has 0 radical (unpaired) electrons. The second-order valence-corrected chi connectivity index (χ2v) is 18.9. The van der Waals surface area contributed by atoms with Crippen LogP contribution in [0.15, 0.2) is 48.5 Å². The third kappa shape index (κ3) is 10.5. The summed E-state index contributed by atoms with van der Waals surface area (Å²) < 4.78 is 46.7. The van der Waals surface area contributed by atoms with E-state index < -0.39 is 23.8 Å². The van der Waals surface area contributed by atoms with Gasteiger partial charge in [-0.25, -0.2) is 14.8 Å². The number of benzene rings is 3. The van der Waals surface area contributed by atoms with E-state index in [1.165, 1.54) is 11.0 Å². The number of halogens is 4. The largest absolute Gasteiger partial charge is 0.496 e. The molecule has 3 aromatic carbocycles. The quantitative estimate of drug-likeness (QED) is 0.124. The lowest BCUT2D eigenvalue weighted by Crippen LogP contribution is -2.49. The Morgan fingerprint density at radius 1 is 0.894 bits per heavy atom. The van der Waals surface area contributed by atoms with Crippen LogP contribution in [0.3, 0.4) is 0 Å². The summed E-state index contributed by atoms with van der Waals surface area (Å²) in [5.41, 5.74) is 8.02. The zero-order valence-corrected chi connectivity index (χ0v) is 38.4. The Morgan fingerprint density at radius 2 is 1.56 bits per heavy atom. The number of alkyl halides is 3. The minimum Gasteiger partial charge on any atom is -0.496 e. The number of likely N-dealkylation sites (tertiary alicyclic amines) is 2. The molecule has 4 fully saturated rings. The van der Waals surface area contributed by atoms with Crippen molar-refractivity contribution in [3.05, 3.63) is 81.6 Å². The van der Waals surface area contributed by atoms with Crippen LogP contribution in [0.25, 0.3) is 10.9 Å². The number of urea groups is 1. The van der Waals surface area contributed by atoms with Crippen molar-refractivity contribution in [1.29, 1.82) is 0 Å². The molecule has 13 nitrogen and oxygen atoms in total. The topological polar surface area (TPSA) is 163 Å². The predicted molar refractivity (Wildman–Crippen MR) is 248 cm³/mol. The van der Waals surface area contributed by atoms with Crippen LogP contribution in [0.1, 0.15) is 122 Å². The van der Waals surface area contributed by atoms with Gasteiger partial charge in [-0.1, -0.05) is 24.4 Å². The van der Waals surface area contributed by atoms with Crippen molar-refractivity contribution in [1.82, 2.24) is 25.1 Å². The molecule has 4 N–H and O–H groups in total. The van der Waals surface area contributed by atoms with Gasteiger partial charge in [-0.3, -0.25) is 24.6 Å². The summed E-state index contributed by atoms with van der Waals surface area (Å²) in [6.45, 7) is 6.61. The van der Waals surface area contributed by atoms with E-state index >= 15 is 0 Å². The highest BCUT2D eigenvalue weighted by atomic mass is 35.5. The summed E-state index contributed by atoms with van der Waals surface area (Å²) >= 11 is 6.41. The fourth-order valence-electron chi connectivity index (χ4n) is 10.4. The van der Waals surface area contributed by atoms with Gasteiger partial charge < -0.3 is 25.6 Å². The number of hydrogen-bond acceptors (Lipinski definition) is 9. The van der Waals surface area contributed by atoms with Crippen LogP contribution in [-0.2, 0) is 15.8 Å². The third-order valence-corrected chi connectivity index (χ3v) is 14.5. The molecule has 1 aliphatic carbocycles. The first kappa shape index (κ1) is 46.9. The Morgan fingerprint density at radius 3 is 2.20 bits per heavy atom. The third-order valence-electron chi connectivity index (χ3n) is 14.2. The van der Waals surface area contributed by atoms with Crippen LogP contribution in [0.2, 0.25) is 5.02 Å². The Bertz CT molecular complexity index is 2480. The Kier molecular flexibility index (Phi) is 14.0. The average Bonchev–Trinajstić information content (AvgIpc) is 3.30. The number of hydrogen-bond donors (Lipinski definition) is 3. The zero-order chi connectivity index (χ0) is 46.9. The molecule has 5 amide bonds. The number of anilines is 3. The van der Waals surface area contributed by atoms with E-state index in [-0.39, 0.29) is 48.2 Å². The minimum atomic E-state index is -4.53. The van der Waals surface area contributed by atoms with Crippen LogP contribution in [-0.4, -0.2) is 83.4 Å². The number of ether oxygens (including phenoxy) is 1. The average molecular weight is 932 g/mol. The zero-order valence-electron chi connectivity index (χ0n) is 37.7. The van der Waals surface area contributed by atoms with Crippen LogP contribution in [0, 0.1) is 24.7 Å². The molecule has 0 bridgehead atoms. The van der Waals surface area contributed by atoms with Crippen molar-refractivity contribution >= 4 is 63.4 Å². The van der Waals surface area contributed by atoms with Crippen molar-refractivity contribution in [2.24, 2.45) is 17.8 Å². The van der Waals surface area contributed by atoms with Crippen LogP contribution >= 0.6 is 11.6 Å². The molecule has 1 aromatic heterocycles. The first-order valence-electron chi connectivity index (χ1n) is 23.1. The second-order valence-electron chi connectivity index (χ2n) is 18.5. The monoisotopic (exact) mass is 930 g/mol. The molecule has 0 spiro atoms. The number of nitrogen functional groups attached to an aromatic ring is 1. The maximum Gasteiger partial charge on any atom is 0.416 e. The molecule has 4 aromatic rings. The molecule has 3 aliphatic heterocycles. The molecule has 4 heterocycles. The summed E-state index contributed by atoms with van der Waals surface area (Å²) in [6, 6.07) is 11.4. The number of piperidine rings is 2. The second kappa shape index (κ2) is 19.7. The van der Waals surface area contributed by atoms with Crippen molar-refractivity contribution < 1.29 is 37.1 Å². The first-order valence-corrected chi connectivity index (χ1v) is 23.5. The highest BCUT2D eigenvalue weighted by Crippen LogP contribution is 2.43. The predicted octanol–water partition coefficient (Wildman–Crippen LogP) is 9.67. The van der Waals surface area contributed by atoms with Gasteiger partial charge in [-0.05, 0) is 137 Å². The number of nitrogens with one attached hydrogen (secondary N) is 2. The lowest BCUT2D eigenvalue weighted by molar-refractivity contribution is -0.138. The molecule has 1 atom stereocenters. The van der Waals surface area contributed by atoms with E-state index in [0.717, 1.165) is 100 Å². The molecular formula is C49H58ClF3N8O5. The lowest BCUT2D eigenvalue weighted by Gasteiger charge is -2.37. The number of fused-ring (bicyclic) bond motifs is 1. The van der Waals surface area contributed by atoms with Gasteiger partial charge in [0.2, 0.25) is 11.8 Å². The van der Waals surface area contributed by atoms with Crippen molar-refractivity contribution in [3.8, 4) is 5.75 Å². The lowest BCUT2D eigenvalue weighted by atomic mass is 9.77. The minimum absolute atomic E-state index is 0.0292. The van der Waals surface area contributed by atoms with Crippen molar-refractivity contribution in [2.75, 3.05) is 55.8 Å². The van der Waals surface area contributed by atoms with E-state index in [1.54, 1.807) is 39.2 Å². The van der Waals surface area contributed by atoms with Gasteiger partial charge in [-0.15, -0.1) is 0 Å². The van der Waals surface area contributed by atoms with Gasteiger partial charge >= 0.3 is 12.2 Å². The number of imide groups is 1. The number of aryl methyl sites for hydroxylation is 1. The van der Waals surface area contributed by atoms with E-state index in [0.29, 0.717) is 69.7 Å². The molecule has 17 heteroatoms. The summed E-state index contributed by atoms with van der Waals surface area (Å²) in [4.78, 5) is 66.1. The number of nitrogens with two attached hydrogens (primary N) is 1. The van der Waals surface area contributed by atoms with E-state index in [4.69, 9.17) is 22.1 Å². The SMILES string of the molecule is COc1cc2nc(C)nc(N[C@H](C)c3cc(N)cc(C(F)(F)F)c3)c2cc1[C@H]1CC[C@H](C(=O)N2CCC(CCC3CCN(C(=O)c4ccc(Cl)c(N5CCC(=O)NC5=O)c4)CC3)CC2)CC1. The molecule has 8 rings (SSSR count). The molecule has 0 unspecified atom stereocenters. The molecule has 4 aliphatic rings. The highest BCUT2D eigenvalue weighted by molar-refractivity contribution is 6.34. The summed E-state index contributed by atoms with van der Waals surface area (Å²) in [5.74, 6) is 2.75. The van der Waals surface area contributed by atoms with Crippen molar-refractivity contribution in [3.63, 3.8) is 0 Å². The van der Waals surface area contributed by atoms with Crippen molar-refractivity contribution in [2.45, 2.75) is 103 Å². The molecule has 352 valence electrons. The van der Waals surface area contributed by atoms with Crippen LogP contribution < -0.4 is 26.0 Å². The molecular weight excluding hydrogens is 873 g/mol. The Balaban J connectivity index is 0.805. The molecule has 3 saturated heterocycles. The number of carbonyl (C=O) groups excluding carboxylic acids is 4. The molecule has 66 heavy (non-hydrogen) atoms. The van der Waals surface area contributed by atoms with E-state index in [9.17, 15) is 32.3 Å². The highest BCUT2D eigenvalue weighted by Gasteiger charge is 2.35. The number of carbonyl (C=O) groups is 4. The number of rotatable bonds is 11. The van der Waals surface area contributed by atoms with Gasteiger partial charge in [0.15, 0.2) is 0 Å². The fourth-order valence-corrected chi connectivity index (χ4v) is 10.6. The normalized spacial score (nSPS) is 20.6. The maximum absolute atomic E-state index is 13.9. The van der Waals surface area contributed by atoms with Gasteiger partial charge in [0.1, 0.15) is 17.4 Å². The summed E-state index contributed by atoms with van der Waals surface area (Å²) in [7, 11) is 1.63. The standard InChI is InChI=1S/C49H58ClF3N8O5/c1-28(35-22-36(49(51,52)53)25-37(54)23-35)55-45-39-26-38(43(66-3)27-41(39)56-29(2)57-45)32-6-8-33(9-7-32)46(63)59-17-12-30(13-18-59)4-5-31-14-19-60(20-15-31)47(64)34-10-11-40(50)42(24-34)61-21-16-44(62)58-48(61)65/h10-11,22-28,30-33H,4-9,12-21,54H2,1-3H3,(H,55,56,57)(H,58,62,65)/t28-,32-,33-/m1/s1. The Labute approximate surface area is 388 Å². The number of aromatic nitrogens is 2. The van der Waals surface area contributed by atoms with Crippen LogP contribution in [0.4, 0.5) is 35.2 Å². The summed E-state index contributed by atoms with van der Waals surface area (Å²) in [5, 5.41) is 6.71. The van der Waals surface area contributed by atoms with Gasteiger partial charge in [0, 0.05) is 67.8 Å². The van der Waals surface area contributed by atoms with Gasteiger partial charge in [-0.2, -0.15) is 13.2 Å². The smallest absolute Gasteiger partial charge is 0.416 e. The fraction of sp³-hybridized carbons (Fsp3) is 0.510. The summed E-state index contributed by atoms with van der Waals surface area (Å²) in [6.07, 6.45) is 4.86. The van der Waals surface area contributed by atoms with Crippen LogP contribution in [0.5, 0.6) is 5.75 Å². The number of methoxy groups -OCH3 is 1. The number of amides is 5. The first-order chi connectivity index (χ1) is 31.5. The van der Waals surface area contributed by atoms with Gasteiger partial charge in [0.25, 0.3) is 5.91 Å². The molecule has 1 saturated carbocycles.